The number of rotatable bonds is 0. The van der Waals surface area contributed by atoms with Crippen LogP contribution in [0.3, 0.4) is 0 Å². The molecule has 0 atom stereocenters. The molecule has 0 saturated carbocycles. The fourth-order valence-corrected chi connectivity index (χ4v) is 1.36. The van der Waals surface area contributed by atoms with E-state index in [9.17, 15) is 4.79 Å². The van der Waals surface area contributed by atoms with Crippen molar-refractivity contribution < 1.29 is 4.79 Å². The summed E-state index contributed by atoms with van der Waals surface area (Å²) >= 11 is 0. The SMILES string of the molecule is O=C1CCCNc2cccnc21. The lowest BCUT2D eigenvalue weighted by molar-refractivity contribution is 0.0979. The summed E-state index contributed by atoms with van der Waals surface area (Å²) < 4.78 is 0. The maximum Gasteiger partial charge on any atom is 0.183 e. The number of carbonyl (C=O) groups is 1. The molecule has 2 rings (SSSR count). The molecule has 3 heteroatoms. The Morgan fingerprint density at radius 2 is 2.42 bits per heavy atom. The van der Waals surface area contributed by atoms with Crippen LogP contribution in [0, 0.1) is 0 Å². The average molecular weight is 162 g/mol. The number of carbonyl (C=O) groups excluding carboxylic acids is 1. The van der Waals surface area contributed by atoms with Crippen LogP contribution < -0.4 is 5.32 Å². The monoisotopic (exact) mass is 162 g/mol. The fraction of sp³-hybridized carbons (Fsp3) is 0.333. The summed E-state index contributed by atoms with van der Waals surface area (Å²) in [4.78, 5) is 15.5. The Kier molecular flexibility index (Phi) is 1.78. The molecule has 62 valence electrons. The molecule has 0 unspecified atom stereocenters. The van der Waals surface area contributed by atoms with E-state index in [-0.39, 0.29) is 5.78 Å². The number of nitrogens with zero attached hydrogens (tertiary/aromatic N) is 1. The zero-order valence-corrected chi connectivity index (χ0v) is 6.71. The Morgan fingerprint density at radius 3 is 3.33 bits per heavy atom. The van der Waals surface area contributed by atoms with E-state index in [1.165, 1.54) is 0 Å². The van der Waals surface area contributed by atoms with Crippen LogP contribution in [-0.2, 0) is 0 Å². The summed E-state index contributed by atoms with van der Waals surface area (Å²) in [5.41, 5.74) is 1.47. The zero-order valence-electron chi connectivity index (χ0n) is 6.71. The van der Waals surface area contributed by atoms with Crippen molar-refractivity contribution >= 4 is 11.5 Å². The number of ketones is 1. The molecule has 0 bridgehead atoms. The van der Waals surface area contributed by atoms with E-state index in [1.807, 2.05) is 12.1 Å². The minimum absolute atomic E-state index is 0.149. The Balaban J connectivity index is 2.46. The molecule has 2 heterocycles. The molecule has 0 spiro atoms. The van der Waals surface area contributed by atoms with Gasteiger partial charge in [0.1, 0.15) is 5.69 Å². The molecule has 3 nitrogen and oxygen atoms in total. The first-order valence-corrected chi connectivity index (χ1v) is 4.10. The Bertz CT molecular complexity index is 309. The first kappa shape index (κ1) is 7.28. The zero-order chi connectivity index (χ0) is 8.39. The minimum Gasteiger partial charge on any atom is -0.383 e. The van der Waals surface area contributed by atoms with Crippen molar-refractivity contribution in [3.05, 3.63) is 24.0 Å². The summed E-state index contributed by atoms with van der Waals surface area (Å²) in [5.74, 6) is 0.149. The Hall–Kier alpha value is -1.38. The summed E-state index contributed by atoms with van der Waals surface area (Å²) in [6.45, 7) is 0.866. The van der Waals surface area contributed by atoms with E-state index in [0.29, 0.717) is 12.1 Å². The Labute approximate surface area is 70.8 Å². The van der Waals surface area contributed by atoms with Crippen LogP contribution in [0.1, 0.15) is 23.3 Å². The molecular formula is C9H10N2O. The maximum atomic E-state index is 11.4. The predicted octanol–water partition coefficient (Wildman–Crippen LogP) is 1.47. The van der Waals surface area contributed by atoms with Crippen LogP contribution in [0.2, 0.25) is 0 Å². The molecule has 1 aromatic heterocycles. The van der Waals surface area contributed by atoms with Crippen LogP contribution in [0.15, 0.2) is 18.3 Å². The van der Waals surface area contributed by atoms with E-state index in [1.54, 1.807) is 6.20 Å². The normalized spacial score (nSPS) is 16.2. The lowest BCUT2D eigenvalue weighted by Gasteiger charge is -2.03. The third-order valence-electron chi connectivity index (χ3n) is 1.97. The predicted molar refractivity (Wildman–Crippen MR) is 46.3 cm³/mol. The second kappa shape index (κ2) is 2.93. The van der Waals surface area contributed by atoms with Crippen molar-refractivity contribution in [2.45, 2.75) is 12.8 Å². The summed E-state index contributed by atoms with van der Waals surface area (Å²) in [5, 5.41) is 3.17. The van der Waals surface area contributed by atoms with Crippen LogP contribution in [0.25, 0.3) is 0 Å². The van der Waals surface area contributed by atoms with Gasteiger partial charge in [-0.1, -0.05) is 0 Å². The van der Waals surface area contributed by atoms with E-state index in [4.69, 9.17) is 0 Å². The van der Waals surface area contributed by atoms with Crippen LogP contribution in [0.5, 0.6) is 0 Å². The molecule has 0 aromatic carbocycles. The Morgan fingerprint density at radius 1 is 1.50 bits per heavy atom. The van der Waals surface area contributed by atoms with Crippen molar-refractivity contribution in [2.24, 2.45) is 0 Å². The number of anilines is 1. The first-order valence-electron chi connectivity index (χ1n) is 4.10. The van der Waals surface area contributed by atoms with Crippen molar-refractivity contribution in [1.82, 2.24) is 4.98 Å². The van der Waals surface area contributed by atoms with Crippen molar-refractivity contribution in [3.8, 4) is 0 Å². The van der Waals surface area contributed by atoms with Gasteiger partial charge in [-0.15, -0.1) is 0 Å². The number of hydrogen-bond acceptors (Lipinski definition) is 3. The largest absolute Gasteiger partial charge is 0.383 e. The van der Waals surface area contributed by atoms with Gasteiger partial charge < -0.3 is 5.32 Å². The van der Waals surface area contributed by atoms with Gasteiger partial charge in [0, 0.05) is 19.2 Å². The molecule has 1 aromatic rings. The molecule has 1 aliphatic heterocycles. The van der Waals surface area contributed by atoms with Gasteiger partial charge >= 0.3 is 0 Å². The molecule has 1 aliphatic rings. The van der Waals surface area contributed by atoms with Crippen LogP contribution in [-0.4, -0.2) is 17.3 Å². The molecule has 0 fully saturated rings. The van der Waals surface area contributed by atoms with Crippen molar-refractivity contribution in [2.75, 3.05) is 11.9 Å². The van der Waals surface area contributed by atoms with Gasteiger partial charge in [-0.25, -0.2) is 0 Å². The highest BCUT2D eigenvalue weighted by molar-refractivity contribution is 5.99. The van der Waals surface area contributed by atoms with Gasteiger partial charge in [0.2, 0.25) is 0 Å². The van der Waals surface area contributed by atoms with Crippen LogP contribution in [0.4, 0.5) is 5.69 Å². The summed E-state index contributed by atoms with van der Waals surface area (Å²) in [7, 11) is 0. The van der Waals surface area contributed by atoms with Crippen LogP contribution >= 0.6 is 0 Å². The van der Waals surface area contributed by atoms with Gasteiger partial charge in [0.15, 0.2) is 5.78 Å². The van der Waals surface area contributed by atoms with Gasteiger partial charge in [0.25, 0.3) is 0 Å². The molecule has 0 saturated heterocycles. The van der Waals surface area contributed by atoms with E-state index in [2.05, 4.69) is 10.3 Å². The highest BCUT2D eigenvalue weighted by Gasteiger charge is 2.14. The minimum atomic E-state index is 0.149. The highest BCUT2D eigenvalue weighted by atomic mass is 16.1. The second-order valence-corrected chi connectivity index (χ2v) is 2.85. The topological polar surface area (TPSA) is 42.0 Å². The highest BCUT2D eigenvalue weighted by Crippen LogP contribution is 2.17. The van der Waals surface area contributed by atoms with E-state index in [0.717, 1.165) is 18.7 Å². The number of hydrogen-bond donors (Lipinski definition) is 1. The van der Waals surface area contributed by atoms with Gasteiger partial charge in [0.05, 0.1) is 5.69 Å². The lowest BCUT2D eigenvalue weighted by atomic mass is 10.1. The van der Waals surface area contributed by atoms with E-state index >= 15 is 0 Å². The van der Waals surface area contributed by atoms with E-state index < -0.39 is 0 Å². The molecule has 0 aliphatic carbocycles. The number of pyridine rings is 1. The molecule has 1 N–H and O–H groups in total. The maximum absolute atomic E-state index is 11.4. The summed E-state index contributed by atoms with van der Waals surface area (Å²) in [6.07, 6.45) is 3.16. The number of Topliss-reactive ketones (excluding diaryl/α,β-unsaturated/α-hetero) is 1. The number of fused-ring (bicyclic) bond motifs is 1. The average Bonchev–Trinajstić information content (AvgIpc) is 2.29. The van der Waals surface area contributed by atoms with Gasteiger partial charge in [-0.3, -0.25) is 9.78 Å². The van der Waals surface area contributed by atoms with Crippen molar-refractivity contribution in [1.29, 1.82) is 0 Å². The molecule has 0 amide bonds. The summed E-state index contributed by atoms with van der Waals surface area (Å²) in [6, 6.07) is 3.73. The van der Waals surface area contributed by atoms with Gasteiger partial charge in [-0.2, -0.15) is 0 Å². The standard InChI is InChI=1S/C9H10N2O/c12-8-4-2-5-10-7-3-1-6-11-9(7)8/h1,3,6,10H,2,4-5H2. The first-order chi connectivity index (χ1) is 5.88. The fourth-order valence-electron chi connectivity index (χ4n) is 1.36. The number of aromatic nitrogens is 1. The smallest absolute Gasteiger partial charge is 0.183 e. The quantitative estimate of drug-likeness (QED) is 0.628. The van der Waals surface area contributed by atoms with Crippen molar-refractivity contribution in [3.63, 3.8) is 0 Å². The second-order valence-electron chi connectivity index (χ2n) is 2.85. The lowest BCUT2D eigenvalue weighted by Crippen LogP contribution is -2.02. The molecule has 12 heavy (non-hydrogen) atoms. The third kappa shape index (κ3) is 1.18. The third-order valence-corrected chi connectivity index (χ3v) is 1.97. The molecule has 0 radical (unpaired) electrons. The van der Waals surface area contributed by atoms with Gasteiger partial charge in [-0.05, 0) is 18.6 Å². The number of nitrogens with one attached hydrogen (secondary N) is 1. The molecular weight excluding hydrogens is 152 g/mol.